The first-order valence-electron chi connectivity index (χ1n) is 10.3. The molecule has 1 N–H and O–H groups in total. The maximum Gasteiger partial charge on any atom is 0.222 e. The van der Waals surface area contributed by atoms with Gasteiger partial charge in [0.15, 0.2) is 0 Å². The van der Waals surface area contributed by atoms with E-state index in [0.717, 1.165) is 50.6 Å². The van der Waals surface area contributed by atoms with Gasteiger partial charge in [0, 0.05) is 31.1 Å². The highest BCUT2D eigenvalue weighted by Gasteiger charge is 2.29. The van der Waals surface area contributed by atoms with Gasteiger partial charge in [-0.05, 0) is 61.4 Å². The number of amides is 1. The molecule has 27 heavy (non-hydrogen) atoms. The Morgan fingerprint density at radius 1 is 1.11 bits per heavy atom. The van der Waals surface area contributed by atoms with Crippen LogP contribution in [-0.4, -0.2) is 43.6 Å². The van der Waals surface area contributed by atoms with Gasteiger partial charge in [0.25, 0.3) is 0 Å². The molecule has 1 atom stereocenters. The first-order valence-corrected chi connectivity index (χ1v) is 10.3. The monoisotopic (exact) mass is 366 g/mol. The summed E-state index contributed by atoms with van der Waals surface area (Å²) in [7, 11) is 1.74. The second-order valence-electron chi connectivity index (χ2n) is 7.98. The summed E-state index contributed by atoms with van der Waals surface area (Å²) in [6.07, 6.45) is 6.23. The standard InChI is InChI=1S/C23H30N2O2/c1-27-22-10-8-18-4-2-3-5-20(18)21(22)12-14-24-19-9-11-23(26)25(15-13-19)16-17-6-7-17/h2-5,8,10,17,19,24H,6-7,9,11-16H2,1H3. The van der Waals surface area contributed by atoms with E-state index < -0.39 is 0 Å². The first-order chi connectivity index (χ1) is 13.2. The average molecular weight is 367 g/mol. The van der Waals surface area contributed by atoms with Gasteiger partial charge >= 0.3 is 0 Å². The minimum atomic E-state index is 0.349. The van der Waals surface area contributed by atoms with Crippen molar-refractivity contribution in [2.24, 2.45) is 5.92 Å². The minimum absolute atomic E-state index is 0.349. The van der Waals surface area contributed by atoms with Crippen LogP contribution >= 0.6 is 0 Å². The molecule has 2 aromatic carbocycles. The van der Waals surface area contributed by atoms with Crippen LogP contribution in [0, 0.1) is 5.92 Å². The van der Waals surface area contributed by atoms with Crippen molar-refractivity contribution < 1.29 is 9.53 Å². The summed E-state index contributed by atoms with van der Waals surface area (Å²) in [6.45, 7) is 2.80. The molecular weight excluding hydrogens is 336 g/mol. The van der Waals surface area contributed by atoms with Gasteiger partial charge in [0.1, 0.15) is 5.75 Å². The SMILES string of the molecule is COc1ccc2ccccc2c1CCNC1CCC(=O)N(CC2CC2)CC1. The summed E-state index contributed by atoms with van der Waals surface area (Å²) in [5.74, 6) is 2.08. The lowest BCUT2D eigenvalue weighted by atomic mass is 10.0. The number of benzene rings is 2. The van der Waals surface area contributed by atoms with E-state index in [2.05, 4.69) is 46.6 Å². The smallest absolute Gasteiger partial charge is 0.222 e. The Labute approximate surface area is 161 Å². The lowest BCUT2D eigenvalue weighted by Crippen LogP contribution is -2.34. The van der Waals surface area contributed by atoms with Crippen molar-refractivity contribution >= 4 is 16.7 Å². The second-order valence-corrected chi connectivity index (χ2v) is 7.98. The number of methoxy groups -OCH3 is 1. The zero-order chi connectivity index (χ0) is 18.6. The van der Waals surface area contributed by atoms with Crippen molar-refractivity contribution in [3.8, 4) is 5.75 Å². The number of hydrogen-bond donors (Lipinski definition) is 1. The highest BCUT2D eigenvalue weighted by Crippen LogP contribution is 2.31. The maximum atomic E-state index is 12.3. The molecule has 1 aliphatic heterocycles. The molecule has 2 aromatic rings. The molecule has 1 aliphatic carbocycles. The van der Waals surface area contributed by atoms with Crippen LogP contribution < -0.4 is 10.1 Å². The minimum Gasteiger partial charge on any atom is -0.496 e. The molecule has 0 radical (unpaired) electrons. The summed E-state index contributed by atoms with van der Waals surface area (Å²) in [5, 5.41) is 6.22. The zero-order valence-corrected chi connectivity index (χ0v) is 16.2. The first kappa shape index (κ1) is 18.3. The normalized spacial score (nSPS) is 20.7. The maximum absolute atomic E-state index is 12.3. The van der Waals surface area contributed by atoms with Crippen LogP contribution in [0.25, 0.3) is 10.8 Å². The van der Waals surface area contributed by atoms with E-state index in [4.69, 9.17) is 4.74 Å². The number of fused-ring (bicyclic) bond motifs is 1. The van der Waals surface area contributed by atoms with Crippen LogP contribution in [0.3, 0.4) is 0 Å². The van der Waals surface area contributed by atoms with E-state index in [0.29, 0.717) is 18.4 Å². The number of nitrogens with one attached hydrogen (secondary N) is 1. The third-order valence-corrected chi connectivity index (χ3v) is 6.01. The third kappa shape index (κ3) is 4.44. The van der Waals surface area contributed by atoms with E-state index in [1.54, 1.807) is 7.11 Å². The van der Waals surface area contributed by atoms with Gasteiger partial charge in [-0.3, -0.25) is 4.79 Å². The fourth-order valence-electron chi connectivity index (χ4n) is 4.21. The Balaban J connectivity index is 1.35. The van der Waals surface area contributed by atoms with Crippen molar-refractivity contribution in [2.45, 2.75) is 44.6 Å². The zero-order valence-electron chi connectivity index (χ0n) is 16.2. The fourth-order valence-corrected chi connectivity index (χ4v) is 4.21. The van der Waals surface area contributed by atoms with Crippen molar-refractivity contribution in [1.82, 2.24) is 10.2 Å². The van der Waals surface area contributed by atoms with E-state index >= 15 is 0 Å². The average Bonchev–Trinajstić information content (AvgIpc) is 3.53. The Kier molecular flexibility index (Phi) is 5.63. The summed E-state index contributed by atoms with van der Waals surface area (Å²) in [6, 6.07) is 13.1. The summed E-state index contributed by atoms with van der Waals surface area (Å²) >= 11 is 0. The molecule has 4 nitrogen and oxygen atoms in total. The topological polar surface area (TPSA) is 41.6 Å². The van der Waals surface area contributed by atoms with Crippen LogP contribution in [0.1, 0.15) is 37.7 Å². The lowest BCUT2D eigenvalue weighted by molar-refractivity contribution is -0.130. The molecule has 1 unspecified atom stereocenters. The number of ether oxygens (including phenoxy) is 1. The number of rotatable bonds is 7. The molecule has 0 spiro atoms. The molecule has 1 heterocycles. The van der Waals surface area contributed by atoms with Crippen LogP contribution in [0.15, 0.2) is 36.4 Å². The van der Waals surface area contributed by atoms with E-state index in [1.807, 2.05) is 0 Å². The van der Waals surface area contributed by atoms with Crippen molar-refractivity contribution in [1.29, 1.82) is 0 Å². The van der Waals surface area contributed by atoms with Crippen LogP contribution in [0.5, 0.6) is 5.75 Å². The van der Waals surface area contributed by atoms with Crippen LogP contribution in [0.4, 0.5) is 0 Å². The van der Waals surface area contributed by atoms with E-state index in [-0.39, 0.29) is 0 Å². The number of nitrogens with zero attached hydrogens (tertiary/aromatic N) is 1. The molecule has 1 saturated carbocycles. The molecule has 2 fully saturated rings. The number of carbonyl (C=O) groups is 1. The predicted octanol–water partition coefficient (Wildman–Crippen LogP) is 3.77. The fraction of sp³-hybridized carbons (Fsp3) is 0.522. The summed E-state index contributed by atoms with van der Waals surface area (Å²) < 4.78 is 5.61. The van der Waals surface area contributed by atoms with Crippen molar-refractivity contribution in [3.05, 3.63) is 42.0 Å². The molecule has 0 aromatic heterocycles. The Bertz CT molecular complexity index is 800. The molecule has 2 aliphatic rings. The summed E-state index contributed by atoms with van der Waals surface area (Å²) in [5.41, 5.74) is 1.27. The van der Waals surface area contributed by atoms with Gasteiger partial charge in [0.05, 0.1) is 7.11 Å². The van der Waals surface area contributed by atoms with Gasteiger partial charge in [-0.25, -0.2) is 0 Å². The van der Waals surface area contributed by atoms with Crippen molar-refractivity contribution in [3.63, 3.8) is 0 Å². The Morgan fingerprint density at radius 3 is 2.78 bits per heavy atom. The van der Waals surface area contributed by atoms with Crippen LogP contribution in [-0.2, 0) is 11.2 Å². The van der Waals surface area contributed by atoms with Crippen molar-refractivity contribution in [2.75, 3.05) is 26.7 Å². The number of likely N-dealkylation sites (tertiary alicyclic amines) is 1. The molecule has 1 amide bonds. The predicted molar refractivity (Wildman–Crippen MR) is 109 cm³/mol. The lowest BCUT2D eigenvalue weighted by Gasteiger charge is -2.21. The van der Waals surface area contributed by atoms with Gasteiger partial charge in [0.2, 0.25) is 5.91 Å². The molecule has 4 heteroatoms. The van der Waals surface area contributed by atoms with Gasteiger partial charge in [-0.1, -0.05) is 30.3 Å². The van der Waals surface area contributed by atoms with Gasteiger partial charge in [-0.15, -0.1) is 0 Å². The number of carbonyl (C=O) groups excluding carboxylic acids is 1. The Hall–Kier alpha value is -2.07. The largest absolute Gasteiger partial charge is 0.496 e. The quantitative estimate of drug-likeness (QED) is 0.811. The molecule has 1 saturated heterocycles. The highest BCUT2D eigenvalue weighted by atomic mass is 16.5. The molecule has 144 valence electrons. The van der Waals surface area contributed by atoms with Crippen LogP contribution in [0.2, 0.25) is 0 Å². The highest BCUT2D eigenvalue weighted by molar-refractivity contribution is 5.87. The van der Waals surface area contributed by atoms with E-state index in [1.165, 1.54) is 29.2 Å². The second kappa shape index (κ2) is 8.30. The van der Waals surface area contributed by atoms with Gasteiger partial charge in [-0.2, -0.15) is 0 Å². The molecule has 0 bridgehead atoms. The van der Waals surface area contributed by atoms with E-state index in [9.17, 15) is 4.79 Å². The molecular formula is C23H30N2O2. The third-order valence-electron chi connectivity index (χ3n) is 6.01. The van der Waals surface area contributed by atoms with Gasteiger partial charge < -0.3 is 15.0 Å². The summed E-state index contributed by atoms with van der Waals surface area (Å²) in [4.78, 5) is 14.4. The Morgan fingerprint density at radius 2 is 1.96 bits per heavy atom. The molecule has 4 rings (SSSR count). The number of hydrogen-bond acceptors (Lipinski definition) is 3.